The molecule has 0 fully saturated rings. The summed E-state index contributed by atoms with van der Waals surface area (Å²) >= 11 is 1.69. The average Bonchev–Trinajstić information content (AvgIpc) is 2.37. The molecule has 1 heterocycles. The van der Waals surface area contributed by atoms with E-state index in [4.69, 9.17) is 9.47 Å². The molecule has 0 aromatic rings. The van der Waals surface area contributed by atoms with Crippen LogP contribution in [-0.4, -0.2) is 44.1 Å². The van der Waals surface area contributed by atoms with Crippen molar-refractivity contribution in [3.05, 3.63) is 11.3 Å². The zero-order chi connectivity index (χ0) is 13.5. The maximum Gasteiger partial charge on any atom is 0.188 e. The molecule has 0 saturated heterocycles. The molecule has 0 aromatic heterocycles. The fourth-order valence-electron chi connectivity index (χ4n) is 1.81. The van der Waals surface area contributed by atoms with Crippen LogP contribution in [0.1, 0.15) is 20.8 Å². The number of methoxy groups -OCH3 is 1. The fraction of sp³-hybridized carbons (Fsp3) is 0.750. The van der Waals surface area contributed by atoms with Gasteiger partial charge in [0.05, 0.1) is 5.57 Å². The minimum atomic E-state index is -0.386. The average molecular weight is 273 g/mol. The van der Waals surface area contributed by atoms with Crippen LogP contribution >= 0.6 is 11.8 Å². The van der Waals surface area contributed by atoms with Gasteiger partial charge in [0.2, 0.25) is 0 Å². The number of nitrogens with one attached hydrogen (secondary N) is 2. The first kappa shape index (κ1) is 15.3. The molecule has 0 aliphatic carbocycles. The normalized spacial score (nSPS) is 23.8. The van der Waals surface area contributed by atoms with Crippen molar-refractivity contribution >= 4 is 17.6 Å². The molecule has 0 bridgehead atoms. The highest BCUT2D eigenvalue weighted by atomic mass is 32.2. The van der Waals surface area contributed by atoms with Crippen molar-refractivity contribution in [2.24, 2.45) is 4.99 Å². The van der Waals surface area contributed by atoms with Crippen LogP contribution in [0.15, 0.2) is 16.3 Å². The molecule has 2 atom stereocenters. The van der Waals surface area contributed by atoms with Gasteiger partial charge in [0.1, 0.15) is 11.3 Å². The van der Waals surface area contributed by atoms with E-state index >= 15 is 0 Å². The first-order valence-electron chi connectivity index (χ1n) is 6.13. The standard InChI is InChI=1S/C12H23N3O2S/c1-6-13-10-9(11(16-4)17-7-2)8(3)14-12(15-10)18-5/h11-12,14H,6-7H2,1-5H3,(H,13,15). The highest BCUT2D eigenvalue weighted by Crippen LogP contribution is 2.19. The fourth-order valence-corrected chi connectivity index (χ4v) is 2.33. The van der Waals surface area contributed by atoms with E-state index in [1.54, 1.807) is 18.9 Å². The number of thioether (sulfide) groups is 1. The second-order valence-electron chi connectivity index (χ2n) is 3.79. The Morgan fingerprint density at radius 3 is 2.61 bits per heavy atom. The number of hydrogen-bond donors (Lipinski definition) is 2. The summed E-state index contributed by atoms with van der Waals surface area (Å²) in [5.41, 5.74) is 2.13. The molecule has 1 aliphatic heterocycles. The minimum absolute atomic E-state index is 0.137. The molecular formula is C12H23N3O2S. The number of amidine groups is 1. The van der Waals surface area contributed by atoms with Crippen molar-refractivity contribution in [3.63, 3.8) is 0 Å². The minimum Gasteiger partial charge on any atom is -0.360 e. The van der Waals surface area contributed by atoms with Crippen LogP contribution in [-0.2, 0) is 9.47 Å². The van der Waals surface area contributed by atoms with E-state index in [9.17, 15) is 0 Å². The molecule has 18 heavy (non-hydrogen) atoms. The maximum absolute atomic E-state index is 5.60. The first-order valence-corrected chi connectivity index (χ1v) is 7.42. The van der Waals surface area contributed by atoms with Crippen LogP contribution < -0.4 is 10.6 Å². The molecule has 0 saturated carbocycles. The SMILES string of the molecule is CCN=C1NC(SC)NC(C)=C1C(OC)OCC. The van der Waals surface area contributed by atoms with Crippen molar-refractivity contribution in [2.75, 3.05) is 26.5 Å². The molecule has 2 N–H and O–H groups in total. The smallest absolute Gasteiger partial charge is 0.188 e. The van der Waals surface area contributed by atoms with Crippen molar-refractivity contribution in [2.45, 2.75) is 32.6 Å². The highest BCUT2D eigenvalue weighted by molar-refractivity contribution is 7.99. The van der Waals surface area contributed by atoms with E-state index < -0.39 is 0 Å². The lowest BCUT2D eigenvalue weighted by atomic mass is 10.1. The molecule has 2 unspecified atom stereocenters. The van der Waals surface area contributed by atoms with E-state index in [0.29, 0.717) is 6.61 Å². The molecule has 5 nitrogen and oxygen atoms in total. The number of rotatable bonds is 6. The van der Waals surface area contributed by atoms with Gasteiger partial charge in [-0.15, -0.1) is 11.8 Å². The van der Waals surface area contributed by atoms with E-state index in [1.807, 2.05) is 27.0 Å². The summed E-state index contributed by atoms with van der Waals surface area (Å²) in [7, 11) is 1.64. The van der Waals surface area contributed by atoms with Crippen molar-refractivity contribution in [1.29, 1.82) is 0 Å². The van der Waals surface area contributed by atoms with Gasteiger partial charge < -0.3 is 20.1 Å². The Morgan fingerprint density at radius 2 is 2.11 bits per heavy atom. The summed E-state index contributed by atoms with van der Waals surface area (Å²) in [6.07, 6.45) is 1.66. The van der Waals surface area contributed by atoms with E-state index in [-0.39, 0.29) is 11.8 Å². The van der Waals surface area contributed by atoms with Gasteiger partial charge in [-0.3, -0.25) is 4.99 Å². The predicted octanol–water partition coefficient (Wildman–Crippen LogP) is 1.53. The molecule has 6 heteroatoms. The molecule has 1 aliphatic rings. The molecular weight excluding hydrogens is 250 g/mol. The van der Waals surface area contributed by atoms with Crippen LogP contribution in [0.2, 0.25) is 0 Å². The van der Waals surface area contributed by atoms with Gasteiger partial charge in [0.25, 0.3) is 0 Å². The van der Waals surface area contributed by atoms with Gasteiger partial charge in [0.15, 0.2) is 6.29 Å². The summed E-state index contributed by atoms with van der Waals surface area (Å²) < 4.78 is 11.0. The Morgan fingerprint density at radius 1 is 1.39 bits per heavy atom. The summed E-state index contributed by atoms with van der Waals surface area (Å²) in [6, 6.07) is 0. The van der Waals surface area contributed by atoms with Crippen molar-refractivity contribution in [1.82, 2.24) is 10.6 Å². The topological polar surface area (TPSA) is 54.9 Å². The number of nitrogens with zero attached hydrogens (tertiary/aromatic N) is 1. The third kappa shape index (κ3) is 3.63. The zero-order valence-corrected chi connectivity index (χ0v) is 12.6. The third-order valence-electron chi connectivity index (χ3n) is 2.59. The summed E-state index contributed by atoms with van der Waals surface area (Å²) in [5.74, 6) is 0.855. The first-order chi connectivity index (χ1) is 8.67. The van der Waals surface area contributed by atoms with Gasteiger partial charge in [-0.1, -0.05) is 0 Å². The van der Waals surface area contributed by atoms with Crippen LogP contribution in [0.25, 0.3) is 0 Å². The Balaban J connectivity index is 3.04. The second-order valence-corrected chi connectivity index (χ2v) is 4.73. The van der Waals surface area contributed by atoms with Gasteiger partial charge in [0, 0.05) is 26.0 Å². The van der Waals surface area contributed by atoms with E-state index in [2.05, 4.69) is 15.6 Å². The van der Waals surface area contributed by atoms with Gasteiger partial charge in [-0.25, -0.2) is 0 Å². The summed E-state index contributed by atoms with van der Waals surface area (Å²) in [4.78, 5) is 4.50. The second kappa shape index (κ2) is 7.66. The number of hydrogen-bond acceptors (Lipinski definition) is 5. The molecule has 0 aromatic carbocycles. The lowest BCUT2D eigenvalue weighted by Crippen LogP contribution is -2.50. The van der Waals surface area contributed by atoms with Gasteiger partial charge in [-0.2, -0.15) is 0 Å². The lowest BCUT2D eigenvalue weighted by molar-refractivity contribution is -0.0913. The van der Waals surface area contributed by atoms with Crippen LogP contribution in [0, 0.1) is 0 Å². The van der Waals surface area contributed by atoms with Crippen LogP contribution in [0.4, 0.5) is 0 Å². The number of ether oxygens (including phenoxy) is 2. The van der Waals surface area contributed by atoms with Gasteiger partial charge >= 0.3 is 0 Å². The van der Waals surface area contributed by atoms with E-state index in [1.165, 1.54) is 0 Å². The Hall–Kier alpha value is -0.720. The number of aliphatic imine (C=N–C) groups is 1. The van der Waals surface area contributed by atoms with Crippen LogP contribution in [0.5, 0.6) is 0 Å². The maximum atomic E-state index is 5.60. The van der Waals surface area contributed by atoms with Gasteiger partial charge in [-0.05, 0) is 27.0 Å². The van der Waals surface area contributed by atoms with Crippen molar-refractivity contribution < 1.29 is 9.47 Å². The zero-order valence-electron chi connectivity index (χ0n) is 11.7. The Kier molecular flexibility index (Phi) is 6.52. The molecule has 0 spiro atoms. The predicted molar refractivity (Wildman–Crippen MR) is 76.7 cm³/mol. The Bertz CT molecular complexity index is 331. The quantitative estimate of drug-likeness (QED) is 0.719. The molecule has 1 rings (SSSR count). The lowest BCUT2D eigenvalue weighted by Gasteiger charge is -2.32. The monoisotopic (exact) mass is 273 g/mol. The molecule has 0 amide bonds. The number of allylic oxidation sites excluding steroid dienone is 1. The Labute approximate surface area is 113 Å². The third-order valence-corrected chi connectivity index (χ3v) is 3.30. The highest BCUT2D eigenvalue weighted by Gasteiger charge is 2.28. The van der Waals surface area contributed by atoms with Crippen molar-refractivity contribution in [3.8, 4) is 0 Å². The molecule has 104 valence electrons. The largest absolute Gasteiger partial charge is 0.360 e. The molecule has 0 radical (unpaired) electrons. The summed E-state index contributed by atoms with van der Waals surface area (Å²) in [5, 5.41) is 6.71. The van der Waals surface area contributed by atoms with E-state index in [0.717, 1.165) is 23.7 Å². The van der Waals surface area contributed by atoms with Crippen LogP contribution in [0.3, 0.4) is 0 Å². The summed E-state index contributed by atoms with van der Waals surface area (Å²) in [6.45, 7) is 7.31.